The number of carbonyl (C=O) groups excluding carboxylic acids is 3. The largest absolute Gasteiger partial charge is 0.442 e. The Kier molecular flexibility index (Phi) is 6.31. The molecule has 1 N–H and O–H groups in total. The number of benzene rings is 2. The zero-order chi connectivity index (χ0) is 26.3. The summed E-state index contributed by atoms with van der Waals surface area (Å²) < 4.78 is 5.34. The van der Waals surface area contributed by atoms with Crippen LogP contribution in [0.4, 0.5) is 4.79 Å². The fourth-order valence-corrected chi connectivity index (χ4v) is 4.71. The number of carbonyl (C=O) groups is 3. The van der Waals surface area contributed by atoms with Gasteiger partial charge in [0.2, 0.25) is 17.8 Å². The first kappa shape index (κ1) is 24.9. The van der Waals surface area contributed by atoms with Crippen LogP contribution in [0, 0.1) is 17.2 Å². The summed E-state index contributed by atoms with van der Waals surface area (Å²) in [5.74, 6) is -0.932. The minimum atomic E-state index is -1.00. The molecule has 2 aliphatic heterocycles. The molecule has 2 unspecified atom stereocenters. The summed E-state index contributed by atoms with van der Waals surface area (Å²) in [6.45, 7) is 7.14. The van der Waals surface area contributed by atoms with E-state index in [4.69, 9.17) is 4.74 Å². The van der Waals surface area contributed by atoms with Crippen LogP contribution < -0.4 is 5.32 Å². The maximum Gasteiger partial charge on any atom is 0.437 e. The van der Waals surface area contributed by atoms with Gasteiger partial charge >= 0.3 is 6.09 Å². The second-order valence-electron chi connectivity index (χ2n) is 10.1. The van der Waals surface area contributed by atoms with Crippen LogP contribution in [0.2, 0.25) is 0 Å². The zero-order valence-electron chi connectivity index (χ0n) is 21.0. The van der Waals surface area contributed by atoms with Gasteiger partial charge in [-0.1, -0.05) is 30.3 Å². The van der Waals surface area contributed by atoms with Gasteiger partial charge in [-0.3, -0.25) is 14.5 Å². The number of guanidine groups is 1. The number of nitriles is 1. The number of rotatable bonds is 2. The van der Waals surface area contributed by atoms with E-state index in [0.717, 1.165) is 16.7 Å². The quantitative estimate of drug-likeness (QED) is 0.695. The number of aliphatic imine (C=N–C) groups is 1. The molecule has 2 saturated heterocycles. The molecular weight excluding hydrogens is 458 g/mol. The predicted octanol–water partition coefficient (Wildman–Crippen LogP) is 3.25. The third-order valence-electron chi connectivity index (χ3n) is 6.46. The summed E-state index contributed by atoms with van der Waals surface area (Å²) in [6, 6.07) is 17.1. The monoisotopic (exact) mass is 487 g/mol. The van der Waals surface area contributed by atoms with Gasteiger partial charge in [0.15, 0.2) is 0 Å². The van der Waals surface area contributed by atoms with Gasteiger partial charge in [0, 0.05) is 27.1 Å². The Hall–Kier alpha value is -4.19. The number of hydrogen-bond donors (Lipinski definition) is 1. The fraction of sp³-hybridized carbons (Fsp3) is 0.370. The van der Waals surface area contributed by atoms with Gasteiger partial charge in [-0.15, -0.1) is 4.99 Å². The van der Waals surface area contributed by atoms with Crippen LogP contribution in [0.15, 0.2) is 53.5 Å². The molecule has 2 aromatic rings. The van der Waals surface area contributed by atoms with Crippen molar-refractivity contribution < 1.29 is 19.1 Å². The van der Waals surface area contributed by atoms with Crippen LogP contribution in [0.5, 0.6) is 0 Å². The van der Waals surface area contributed by atoms with Crippen LogP contribution >= 0.6 is 0 Å². The van der Waals surface area contributed by atoms with Crippen molar-refractivity contribution in [3.8, 4) is 17.2 Å². The third kappa shape index (κ3) is 4.67. The van der Waals surface area contributed by atoms with E-state index < -0.39 is 23.2 Å². The SMILES string of the molecule is CC(=O)N1CC2C(=O)N(C)/C(=N\C(=O)OC(C)(C)C)NC2(c2cccc(-c3cccc(C#N)c3)c2)C1. The van der Waals surface area contributed by atoms with E-state index >= 15 is 0 Å². The Morgan fingerprint density at radius 2 is 1.83 bits per heavy atom. The normalized spacial score (nSPS) is 22.6. The van der Waals surface area contributed by atoms with Gasteiger partial charge in [0.05, 0.1) is 23.1 Å². The molecule has 3 amide bonds. The Balaban J connectivity index is 1.81. The van der Waals surface area contributed by atoms with E-state index in [0.29, 0.717) is 5.56 Å². The van der Waals surface area contributed by atoms with E-state index in [-0.39, 0.29) is 30.9 Å². The maximum atomic E-state index is 13.5. The highest BCUT2D eigenvalue weighted by Gasteiger charge is 2.57. The van der Waals surface area contributed by atoms with Crippen molar-refractivity contribution in [2.45, 2.75) is 38.8 Å². The molecule has 36 heavy (non-hydrogen) atoms. The number of nitrogens with one attached hydrogen (secondary N) is 1. The summed E-state index contributed by atoms with van der Waals surface area (Å²) in [4.78, 5) is 45.4. The molecule has 0 spiro atoms. The molecule has 0 aliphatic carbocycles. The second-order valence-corrected chi connectivity index (χ2v) is 10.1. The van der Waals surface area contributed by atoms with Crippen molar-refractivity contribution >= 4 is 23.9 Å². The van der Waals surface area contributed by atoms with Crippen LogP contribution in [0.3, 0.4) is 0 Å². The number of hydrogen-bond acceptors (Lipinski definition) is 5. The lowest BCUT2D eigenvalue weighted by molar-refractivity contribution is -0.134. The lowest BCUT2D eigenvalue weighted by Crippen LogP contribution is -2.65. The third-order valence-corrected chi connectivity index (χ3v) is 6.46. The predicted molar refractivity (Wildman–Crippen MR) is 134 cm³/mol. The molecule has 9 heteroatoms. The highest BCUT2D eigenvalue weighted by molar-refractivity contribution is 6.05. The van der Waals surface area contributed by atoms with Crippen LogP contribution in [0.25, 0.3) is 11.1 Å². The summed E-state index contributed by atoms with van der Waals surface area (Å²) >= 11 is 0. The lowest BCUT2D eigenvalue weighted by Gasteiger charge is -2.43. The molecule has 9 nitrogen and oxygen atoms in total. The molecule has 2 aliphatic rings. The number of amides is 3. The molecular formula is C27H29N5O4. The topological polar surface area (TPSA) is 115 Å². The van der Waals surface area contributed by atoms with E-state index in [2.05, 4.69) is 16.4 Å². The van der Waals surface area contributed by atoms with Gasteiger partial charge in [0.1, 0.15) is 5.60 Å². The first-order valence-corrected chi connectivity index (χ1v) is 11.7. The van der Waals surface area contributed by atoms with Crippen molar-refractivity contribution in [2.75, 3.05) is 20.1 Å². The lowest BCUT2D eigenvalue weighted by atomic mass is 9.77. The summed E-state index contributed by atoms with van der Waals surface area (Å²) in [7, 11) is 1.54. The van der Waals surface area contributed by atoms with Crippen molar-refractivity contribution in [3.63, 3.8) is 0 Å². The number of fused-ring (bicyclic) bond motifs is 1. The first-order chi connectivity index (χ1) is 16.9. The molecule has 0 radical (unpaired) electrons. The molecule has 4 rings (SSSR count). The number of nitrogens with zero attached hydrogens (tertiary/aromatic N) is 4. The van der Waals surface area contributed by atoms with E-state index in [1.54, 1.807) is 44.9 Å². The van der Waals surface area contributed by atoms with Gasteiger partial charge in [-0.25, -0.2) is 4.79 Å². The molecule has 0 saturated carbocycles. The standard InChI is InChI=1S/C27H29N5O4/c1-17(33)32-15-22-23(34)31(5)24(29-25(35)36-26(2,3)4)30-27(22,16-32)21-11-7-10-20(13-21)19-9-6-8-18(12-19)14-28/h6-13,22H,15-16H2,1-5H3,(H,29,30,35). The van der Waals surface area contributed by atoms with Crippen molar-refractivity contribution in [3.05, 3.63) is 59.7 Å². The van der Waals surface area contributed by atoms with E-state index in [1.165, 1.54) is 11.8 Å². The minimum Gasteiger partial charge on any atom is -0.442 e. The zero-order valence-corrected chi connectivity index (χ0v) is 21.0. The van der Waals surface area contributed by atoms with Gasteiger partial charge in [0.25, 0.3) is 0 Å². The highest BCUT2D eigenvalue weighted by atomic mass is 16.6. The highest BCUT2D eigenvalue weighted by Crippen LogP contribution is 2.42. The van der Waals surface area contributed by atoms with Crippen molar-refractivity contribution in [1.82, 2.24) is 15.1 Å². The number of likely N-dealkylation sites (tertiary alicyclic amines) is 1. The Morgan fingerprint density at radius 1 is 1.17 bits per heavy atom. The Labute approximate surface area is 210 Å². The fourth-order valence-electron chi connectivity index (χ4n) is 4.71. The van der Waals surface area contributed by atoms with E-state index in [9.17, 15) is 19.6 Å². The molecule has 2 atom stereocenters. The van der Waals surface area contributed by atoms with Gasteiger partial charge < -0.3 is 15.0 Å². The molecule has 0 aromatic heterocycles. The van der Waals surface area contributed by atoms with Gasteiger partial charge in [-0.05, 0) is 55.7 Å². The maximum absolute atomic E-state index is 13.5. The summed E-state index contributed by atoms with van der Waals surface area (Å²) in [6.07, 6.45) is -0.818. The molecule has 2 heterocycles. The molecule has 186 valence electrons. The van der Waals surface area contributed by atoms with Crippen LogP contribution in [-0.4, -0.2) is 59.4 Å². The molecule has 2 fully saturated rings. The molecule has 2 aromatic carbocycles. The Bertz CT molecular complexity index is 1310. The van der Waals surface area contributed by atoms with E-state index in [1.807, 2.05) is 36.4 Å². The van der Waals surface area contributed by atoms with Crippen LogP contribution in [-0.2, 0) is 19.9 Å². The van der Waals surface area contributed by atoms with Gasteiger partial charge in [-0.2, -0.15) is 5.26 Å². The minimum absolute atomic E-state index is 0.0628. The first-order valence-electron chi connectivity index (χ1n) is 11.7. The average molecular weight is 488 g/mol. The second kappa shape index (κ2) is 9.11. The Morgan fingerprint density at radius 3 is 2.47 bits per heavy atom. The number of ether oxygens (including phenoxy) is 1. The van der Waals surface area contributed by atoms with Crippen molar-refractivity contribution in [2.24, 2.45) is 10.9 Å². The van der Waals surface area contributed by atoms with Crippen molar-refractivity contribution in [1.29, 1.82) is 5.26 Å². The smallest absolute Gasteiger partial charge is 0.437 e. The average Bonchev–Trinajstić information content (AvgIpc) is 3.23. The summed E-state index contributed by atoms with van der Waals surface area (Å²) in [5.41, 5.74) is 1.28. The van der Waals surface area contributed by atoms with Crippen LogP contribution in [0.1, 0.15) is 38.8 Å². The summed E-state index contributed by atoms with van der Waals surface area (Å²) in [5, 5.41) is 12.6. The molecule has 0 bridgehead atoms.